The highest BCUT2D eigenvalue weighted by Gasteiger charge is 2.12. The van der Waals surface area contributed by atoms with Gasteiger partial charge < -0.3 is 15.3 Å². The molecule has 0 aliphatic rings. The molecule has 2 aromatic carbocycles. The third-order valence-corrected chi connectivity index (χ3v) is 3.88. The molecule has 3 nitrogen and oxygen atoms in total. The van der Waals surface area contributed by atoms with Crippen LogP contribution < -0.4 is 10.2 Å². The highest BCUT2D eigenvalue weighted by Crippen LogP contribution is 2.24. The van der Waals surface area contributed by atoms with Crippen molar-refractivity contribution in [3.8, 4) is 0 Å². The molecule has 2 rings (SSSR count). The van der Waals surface area contributed by atoms with Crippen LogP contribution in [0.1, 0.15) is 5.56 Å². The number of benzene rings is 2. The summed E-state index contributed by atoms with van der Waals surface area (Å²) in [4.78, 5) is 1.86. The molecule has 21 heavy (non-hydrogen) atoms. The highest BCUT2D eigenvalue weighted by atomic mass is 35.5. The van der Waals surface area contributed by atoms with Crippen LogP contribution in [0.3, 0.4) is 0 Å². The second kappa shape index (κ2) is 7.41. The maximum absolute atomic E-state index is 9.26. The van der Waals surface area contributed by atoms with E-state index in [0.717, 1.165) is 16.9 Å². The minimum atomic E-state index is 0.0191. The Kier molecular flexibility index (Phi) is 5.56. The van der Waals surface area contributed by atoms with Gasteiger partial charge in [0.15, 0.2) is 5.11 Å². The molecule has 0 saturated carbocycles. The molecule has 0 bridgehead atoms. The number of nitrogens with zero attached hydrogens (tertiary/aromatic N) is 1. The first-order chi connectivity index (χ1) is 10.1. The van der Waals surface area contributed by atoms with E-state index in [1.807, 2.05) is 60.4 Å². The lowest BCUT2D eigenvalue weighted by Crippen LogP contribution is -2.37. The summed E-state index contributed by atoms with van der Waals surface area (Å²) >= 11 is 11.6. The molecule has 110 valence electrons. The van der Waals surface area contributed by atoms with Crippen LogP contribution in [0.25, 0.3) is 0 Å². The molecule has 0 saturated heterocycles. The van der Waals surface area contributed by atoms with Gasteiger partial charge in [0, 0.05) is 22.9 Å². The van der Waals surface area contributed by atoms with Crippen LogP contribution in [0.4, 0.5) is 11.4 Å². The van der Waals surface area contributed by atoms with E-state index in [1.165, 1.54) is 0 Å². The Morgan fingerprint density at radius 2 is 1.90 bits per heavy atom. The lowest BCUT2D eigenvalue weighted by Gasteiger charge is -2.25. The van der Waals surface area contributed by atoms with Gasteiger partial charge in [-0.05, 0) is 49.0 Å². The van der Waals surface area contributed by atoms with Gasteiger partial charge in [0.25, 0.3) is 0 Å². The summed E-state index contributed by atoms with van der Waals surface area (Å²) in [6.45, 7) is 2.38. The van der Waals surface area contributed by atoms with Crippen LogP contribution >= 0.6 is 23.8 Å². The van der Waals surface area contributed by atoms with Crippen LogP contribution in [-0.2, 0) is 0 Å². The Bertz CT molecular complexity index is 619. The predicted molar refractivity (Wildman–Crippen MR) is 93.3 cm³/mol. The summed E-state index contributed by atoms with van der Waals surface area (Å²) < 4.78 is 0. The third kappa shape index (κ3) is 3.94. The van der Waals surface area contributed by atoms with E-state index in [0.29, 0.717) is 16.7 Å². The van der Waals surface area contributed by atoms with Gasteiger partial charge in [-0.1, -0.05) is 35.9 Å². The Labute approximate surface area is 135 Å². The average molecular weight is 321 g/mol. The quantitative estimate of drug-likeness (QED) is 0.839. The van der Waals surface area contributed by atoms with Crippen molar-refractivity contribution < 1.29 is 5.11 Å². The van der Waals surface area contributed by atoms with Gasteiger partial charge in [-0.3, -0.25) is 0 Å². The topological polar surface area (TPSA) is 35.5 Å². The van der Waals surface area contributed by atoms with Crippen molar-refractivity contribution in [1.29, 1.82) is 0 Å². The molecule has 5 heteroatoms. The van der Waals surface area contributed by atoms with Crippen molar-refractivity contribution in [2.24, 2.45) is 0 Å². The van der Waals surface area contributed by atoms with Crippen molar-refractivity contribution in [3.63, 3.8) is 0 Å². The molecule has 0 aliphatic carbocycles. The number of aliphatic hydroxyl groups is 1. The van der Waals surface area contributed by atoms with Gasteiger partial charge in [-0.2, -0.15) is 0 Å². The lowest BCUT2D eigenvalue weighted by atomic mass is 10.2. The molecule has 0 heterocycles. The summed E-state index contributed by atoms with van der Waals surface area (Å²) in [7, 11) is 0. The van der Waals surface area contributed by atoms with Crippen molar-refractivity contribution in [3.05, 3.63) is 59.1 Å². The Hall–Kier alpha value is -1.62. The number of thiocarbonyl (C=S) groups is 1. The number of hydrogen-bond acceptors (Lipinski definition) is 2. The smallest absolute Gasteiger partial charge is 0.178 e. The summed E-state index contributed by atoms with van der Waals surface area (Å²) in [5.41, 5.74) is 2.74. The largest absolute Gasteiger partial charge is 0.395 e. The molecule has 0 amide bonds. The van der Waals surface area contributed by atoms with E-state index in [-0.39, 0.29) is 6.61 Å². The minimum absolute atomic E-state index is 0.0191. The Balaban J connectivity index is 2.21. The molecule has 0 fully saturated rings. The first-order valence-corrected chi connectivity index (χ1v) is 7.41. The van der Waals surface area contributed by atoms with Crippen LogP contribution in [0, 0.1) is 6.92 Å². The summed E-state index contributed by atoms with van der Waals surface area (Å²) in [6.07, 6.45) is 0. The van der Waals surface area contributed by atoms with Crippen molar-refractivity contribution in [1.82, 2.24) is 0 Å². The van der Waals surface area contributed by atoms with Crippen LogP contribution in [0.15, 0.2) is 48.5 Å². The first kappa shape index (κ1) is 15.8. The molecule has 2 N–H and O–H groups in total. The van der Waals surface area contributed by atoms with E-state index >= 15 is 0 Å². The van der Waals surface area contributed by atoms with Gasteiger partial charge >= 0.3 is 0 Å². The monoisotopic (exact) mass is 320 g/mol. The Morgan fingerprint density at radius 3 is 2.57 bits per heavy atom. The second-order valence-corrected chi connectivity index (χ2v) is 5.35. The van der Waals surface area contributed by atoms with Crippen LogP contribution in [-0.4, -0.2) is 23.4 Å². The number of halogens is 1. The molecular formula is C16H17ClN2OS. The molecule has 0 aromatic heterocycles. The van der Waals surface area contributed by atoms with Crippen LogP contribution in [0.5, 0.6) is 0 Å². The number of hydrogen-bond donors (Lipinski definition) is 2. The fourth-order valence-corrected chi connectivity index (χ4v) is 2.46. The van der Waals surface area contributed by atoms with Crippen molar-refractivity contribution >= 4 is 40.3 Å². The summed E-state index contributed by atoms with van der Waals surface area (Å²) in [5, 5.41) is 13.7. The molecular weight excluding hydrogens is 304 g/mol. The van der Waals surface area contributed by atoms with E-state index in [1.54, 1.807) is 0 Å². The first-order valence-electron chi connectivity index (χ1n) is 6.63. The summed E-state index contributed by atoms with van der Waals surface area (Å²) in [6, 6.07) is 15.4. The molecule has 0 atom stereocenters. The number of anilines is 2. The average Bonchev–Trinajstić information content (AvgIpc) is 2.50. The number of para-hydroxylation sites is 1. The summed E-state index contributed by atoms with van der Waals surface area (Å²) in [5.74, 6) is 0. The maximum atomic E-state index is 9.26. The van der Waals surface area contributed by atoms with Crippen molar-refractivity contribution in [2.75, 3.05) is 23.4 Å². The molecule has 0 aliphatic heterocycles. The third-order valence-electron chi connectivity index (χ3n) is 3.15. The zero-order valence-electron chi connectivity index (χ0n) is 11.7. The zero-order valence-corrected chi connectivity index (χ0v) is 13.3. The highest BCUT2D eigenvalue weighted by molar-refractivity contribution is 7.80. The SMILES string of the molecule is Cc1c(Cl)cccc1NC(=S)N(CCO)c1ccccc1. The van der Waals surface area contributed by atoms with E-state index in [9.17, 15) is 5.11 Å². The van der Waals surface area contributed by atoms with Gasteiger partial charge in [0.05, 0.1) is 6.61 Å². The minimum Gasteiger partial charge on any atom is -0.395 e. The number of aliphatic hydroxyl groups excluding tert-OH is 1. The normalized spacial score (nSPS) is 10.2. The maximum Gasteiger partial charge on any atom is 0.178 e. The molecule has 2 aromatic rings. The number of nitrogens with one attached hydrogen (secondary N) is 1. The molecule has 0 unspecified atom stereocenters. The van der Waals surface area contributed by atoms with Gasteiger partial charge in [-0.25, -0.2) is 0 Å². The van der Waals surface area contributed by atoms with Gasteiger partial charge in [-0.15, -0.1) is 0 Å². The van der Waals surface area contributed by atoms with E-state index in [4.69, 9.17) is 23.8 Å². The fraction of sp³-hybridized carbons (Fsp3) is 0.188. The zero-order chi connectivity index (χ0) is 15.2. The Morgan fingerprint density at radius 1 is 1.19 bits per heavy atom. The molecule has 0 spiro atoms. The van der Waals surface area contributed by atoms with Crippen molar-refractivity contribution in [2.45, 2.75) is 6.92 Å². The predicted octanol–water partition coefficient (Wildman–Crippen LogP) is 3.84. The molecule has 0 radical (unpaired) electrons. The fourth-order valence-electron chi connectivity index (χ4n) is 1.98. The van der Waals surface area contributed by atoms with E-state index < -0.39 is 0 Å². The van der Waals surface area contributed by atoms with E-state index in [2.05, 4.69) is 5.32 Å². The van der Waals surface area contributed by atoms with Gasteiger partial charge in [0.1, 0.15) is 0 Å². The van der Waals surface area contributed by atoms with Crippen LogP contribution in [0.2, 0.25) is 5.02 Å². The second-order valence-electron chi connectivity index (χ2n) is 4.55. The van der Waals surface area contributed by atoms with Gasteiger partial charge in [0.2, 0.25) is 0 Å². The lowest BCUT2D eigenvalue weighted by molar-refractivity contribution is 0.306. The number of rotatable bonds is 4. The standard InChI is InChI=1S/C16H17ClN2OS/c1-12-14(17)8-5-9-15(12)18-16(21)19(10-11-20)13-6-3-2-4-7-13/h2-9,20H,10-11H2,1H3,(H,18,21).